The molecule has 10 nitrogen and oxygen atoms in total. The van der Waals surface area contributed by atoms with Crippen LogP contribution in [0.4, 0.5) is 4.79 Å². The maximum Gasteiger partial charge on any atom is 0.481 e. The van der Waals surface area contributed by atoms with Gasteiger partial charge in [-0.2, -0.15) is 0 Å². The number of rotatable bonds is 11. The van der Waals surface area contributed by atoms with E-state index < -0.39 is 39.0 Å². The zero-order valence-electron chi connectivity index (χ0n) is 28.1. The molecular weight excluding hydrogens is 563 g/mol. The monoisotopic (exact) mass is 620 g/mol. The van der Waals surface area contributed by atoms with E-state index in [0.717, 1.165) is 32.1 Å². The Morgan fingerprint density at radius 3 is 2.42 bits per heavy atom. The van der Waals surface area contributed by atoms with Gasteiger partial charge in [-0.05, 0) is 96.1 Å². The third-order valence-corrected chi connectivity index (χ3v) is 11.9. The molecule has 2 saturated heterocycles. The summed E-state index contributed by atoms with van der Waals surface area (Å²) in [6.45, 7) is 19.8. The van der Waals surface area contributed by atoms with Crippen molar-refractivity contribution in [1.82, 2.24) is 15.5 Å². The quantitative estimate of drug-likeness (QED) is 0.234. The fourth-order valence-electron chi connectivity index (χ4n) is 7.90. The summed E-state index contributed by atoms with van der Waals surface area (Å²) >= 11 is 0. The molecule has 0 unspecified atom stereocenters. The van der Waals surface area contributed by atoms with Crippen LogP contribution in [0, 0.1) is 17.3 Å². The molecule has 0 aromatic rings. The maximum atomic E-state index is 13.9. The van der Waals surface area contributed by atoms with Crippen LogP contribution in [-0.4, -0.2) is 86.4 Å². The molecule has 3 saturated carbocycles. The number of carbonyl (C=O) groups is 3. The standard InChI is InChI=1S/C31H57BN4O6Si/c1-29(2,3)40-28(39)34-21(19-43(7,8)9)27(38)36-16-12-13-22(36)26(37)35-25(14-10-11-15-33)32-41-24-18-20-17-23(30(20,4)5)31(24,6)42-32/h20-25H,10-19,33H2,1-9H3,(H,34,39)(H,35,37)/t20-,21+,22-,23-,24+,25-,31-/m0/s1. The number of nitrogens with two attached hydrogens (primary N) is 1. The molecule has 5 aliphatic rings. The van der Waals surface area contributed by atoms with Gasteiger partial charge in [-0.3, -0.25) is 9.59 Å². The van der Waals surface area contributed by atoms with Gasteiger partial charge < -0.3 is 35.3 Å². The summed E-state index contributed by atoms with van der Waals surface area (Å²) in [7, 11) is -2.30. The molecule has 0 aromatic heterocycles. The summed E-state index contributed by atoms with van der Waals surface area (Å²) in [5.41, 5.74) is 4.98. The number of hydrogen-bond acceptors (Lipinski definition) is 7. The lowest BCUT2D eigenvalue weighted by Crippen LogP contribution is -2.65. The summed E-state index contributed by atoms with van der Waals surface area (Å²) < 4.78 is 18.8. The van der Waals surface area contributed by atoms with Crippen LogP contribution in [0.3, 0.4) is 0 Å². The summed E-state index contributed by atoms with van der Waals surface area (Å²) in [4.78, 5) is 42.2. The van der Waals surface area contributed by atoms with Crippen LogP contribution < -0.4 is 16.4 Å². The minimum absolute atomic E-state index is 0.0222. The lowest BCUT2D eigenvalue weighted by molar-refractivity contribution is -0.199. The molecule has 4 N–H and O–H groups in total. The summed E-state index contributed by atoms with van der Waals surface area (Å²) in [5, 5.41) is 6.08. The van der Waals surface area contributed by atoms with Crippen LogP contribution in [0.15, 0.2) is 0 Å². The molecule has 12 heteroatoms. The zero-order chi connectivity index (χ0) is 32.0. The molecule has 43 heavy (non-hydrogen) atoms. The van der Waals surface area contributed by atoms with Crippen molar-refractivity contribution in [1.29, 1.82) is 0 Å². The highest BCUT2D eigenvalue weighted by molar-refractivity contribution is 6.76. The van der Waals surface area contributed by atoms with E-state index in [1.165, 1.54) is 0 Å². The summed E-state index contributed by atoms with van der Waals surface area (Å²) in [5.74, 6) is 0.318. The summed E-state index contributed by atoms with van der Waals surface area (Å²) in [6.07, 6.45) is 5.22. The van der Waals surface area contributed by atoms with Crippen LogP contribution in [0.1, 0.15) is 86.5 Å². The Hall–Kier alpha value is -1.63. The van der Waals surface area contributed by atoms with Crippen molar-refractivity contribution in [2.45, 2.75) is 148 Å². The van der Waals surface area contributed by atoms with Crippen molar-refractivity contribution in [3.05, 3.63) is 0 Å². The first kappa shape index (κ1) is 34.2. The highest BCUT2D eigenvalue weighted by atomic mass is 28.3. The minimum atomic E-state index is -1.77. The predicted octanol–water partition coefficient (Wildman–Crippen LogP) is 4.09. The third kappa shape index (κ3) is 7.61. The molecule has 0 radical (unpaired) electrons. The van der Waals surface area contributed by atoms with E-state index in [9.17, 15) is 14.4 Å². The van der Waals surface area contributed by atoms with E-state index in [4.69, 9.17) is 19.8 Å². The van der Waals surface area contributed by atoms with Crippen molar-refractivity contribution in [2.24, 2.45) is 23.0 Å². The molecule has 244 valence electrons. The Morgan fingerprint density at radius 1 is 1.12 bits per heavy atom. The van der Waals surface area contributed by atoms with E-state index in [1.54, 1.807) is 25.7 Å². The first-order valence-electron chi connectivity index (χ1n) is 16.5. The van der Waals surface area contributed by atoms with Gasteiger partial charge in [-0.15, -0.1) is 0 Å². The number of unbranched alkanes of at least 4 members (excludes halogenated alkanes) is 1. The largest absolute Gasteiger partial charge is 0.481 e. The van der Waals surface area contributed by atoms with Gasteiger partial charge in [0.15, 0.2) is 0 Å². The van der Waals surface area contributed by atoms with Crippen LogP contribution in [0.5, 0.6) is 0 Å². The van der Waals surface area contributed by atoms with E-state index >= 15 is 0 Å². The van der Waals surface area contributed by atoms with Crippen molar-refractivity contribution in [2.75, 3.05) is 13.1 Å². The van der Waals surface area contributed by atoms with Gasteiger partial charge in [-0.25, -0.2) is 4.79 Å². The highest BCUT2D eigenvalue weighted by Crippen LogP contribution is 2.65. The van der Waals surface area contributed by atoms with Gasteiger partial charge in [0, 0.05) is 14.6 Å². The molecule has 3 amide bonds. The first-order chi connectivity index (χ1) is 19.9. The van der Waals surface area contributed by atoms with Gasteiger partial charge >= 0.3 is 13.2 Å². The number of ether oxygens (including phenoxy) is 1. The maximum absolute atomic E-state index is 13.9. The fraction of sp³-hybridized carbons (Fsp3) is 0.903. The number of carbonyl (C=O) groups excluding carboxylic acids is 3. The second-order valence-corrected chi connectivity index (χ2v) is 21.9. The van der Waals surface area contributed by atoms with E-state index in [-0.39, 0.29) is 34.9 Å². The average molecular weight is 621 g/mol. The van der Waals surface area contributed by atoms with E-state index in [2.05, 4.69) is 51.0 Å². The third-order valence-electron chi connectivity index (χ3n) is 10.2. The Bertz CT molecular complexity index is 1050. The molecule has 5 fully saturated rings. The molecule has 2 heterocycles. The Balaban J connectivity index is 1.47. The van der Waals surface area contributed by atoms with E-state index in [0.29, 0.717) is 43.8 Å². The van der Waals surface area contributed by atoms with Crippen molar-refractivity contribution < 1.29 is 28.4 Å². The first-order valence-corrected chi connectivity index (χ1v) is 20.2. The Labute approximate surface area is 260 Å². The fourth-order valence-corrected chi connectivity index (χ4v) is 9.40. The Morgan fingerprint density at radius 2 is 1.81 bits per heavy atom. The lowest BCUT2D eigenvalue weighted by Gasteiger charge is -2.64. The second kappa shape index (κ2) is 12.6. The van der Waals surface area contributed by atoms with Gasteiger partial charge in [-0.1, -0.05) is 39.9 Å². The van der Waals surface area contributed by atoms with Crippen LogP contribution in [-0.2, 0) is 23.6 Å². The van der Waals surface area contributed by atoms with Crippen molar-refractivity contribution in [3.8, 4) is 0 Å². The van der Waals surface area contributed by atoms with Gasteiger partial charge in [0.05, 0.1) is 17.6 Å². The second-order valence-electron chi connectivity index (χ2n) is 16.4. The zero-order valence-corrected chi connectivity index (χ0v) is 29.1. The molecule has 2 bridgehead atoms. The van der Waals surface area contributed by atoms with Crippen LogP contribution in [0.2, 0.25) is 25.7 Å². The molecule has 0 spiro atoms. The number of amides is 3. The van der Waals surface area contributed by atoms with Crippen molar-refractivity contribution >= 4 is 33.1 Å². The van der Waals surface area contributed by atoms with Gasteiger partial charge in [0.2, 0.25) is 11.8 Å². The van der Waals surface area contributed by atoms with Crippen LogP contribution >= 0.6 is 0 Å². The lowest BCUT2D eigenvalue weighted by atomic mass is 9.43. The predicted molar refractivity (Wildman–Crippen MR) is 171 cm³/mol. The highest BCUT2D eigenvalue weighted by Gasteiger charge is 2.68. The molecular formula is C31H57BN4O6Si. The SMILES string of the molecule is CC(C)(C)OC(=O)N[C@H](C[Si](C)(C)C)C(=O)N1CCC[C@H]1C(=O)N[C@@H](CCCCN)B1O[C@@H]2C[C@@H]3C[C@@H](C3(C)C)[C@]2(C)O1. The molecule has 0 aromatic carbocycles. The number of likely N-dealkylation sites (tertiary alicyclic amines) is 1. The number of hydrogen-bond donors (Lipinski definition) is 3. The van der Waals surface area contributed by atoms with Gasteiger partial charge in [0.25, 0.3) is 0 Å². The summed E-state index contributed by atoms with van der Waals surface area (Å²) in [6, 6.07) is -0.797. The molecule has 3 aliphatic carbocycles. The molecule has 2 aliphatic heterocycles. The van der Waals surface area contributed by atoms with Crippen LogP contribution in [0.25, 0.3) is 0 Å². The molecule has 5 rings (SSSR count). The van der Waals surface area contributed by atoms with Gasteiger partial charge in [0.1, 0.15) is 17.7 Å². The number of alkyl carbamates (subject to hydrolysis) is 1. The smallest absolute Gasteiger partial charge is 0.444 e. The molecule has 7 atom stereocenters. The Kier molecular flexibility index (Phi) is 10.1. The topological polar surface area (TPSA) is 132 Å². The number of nitrogens with one attached hydrogen (secondary N) is 2. The minimum Gasteiger partial charge on any atom is -0.444 e. The van der Waals surface area contributed by atoms with E-state index in [1.807, 2.05) is 0 Å². The normalized spacial score (nSPS) is 31.1. The number of nitrogens with zero attached hydrogens (tertiary/aromatic N) is 1. The average Bonchev–Trinajstić information content (AvgIpc) is 3.49. The van der Waals surface area contributed by atoms with Crippen molar-refractivity contribution in [3.63, 3.8) is 0 Å².